The van der Waals surface area contributed by atoms with Crippen LogP contribution in [0.2, 0.25) is 0 Å². The Kier molecular flexibility index (Phi) is 5.22. The van der Waals surface area contributed by atoms with Crippen molar-refractivity contribution in [1.82, 2.24) is 14.5 Å². The number of aryl methyl sites for hydroxylation is 1. The lowest BCUT2D eigenvalue weighted by Gasteiger charge is -2.11. The van der Waals surface area contributed by atoms with Gasteiger partial charge in [-0.15, -0.1) is 0 Å². The van der Waals surface area contributed by atoms with Crippen LogP contribution in [0.1, 0.15) is 24.5 Å². The summed E-state index contributed by atoms with van der Waals surface area (Å²) in [6, 6.07) is 6.12. The predicted octanol–water partition coefficient (Wildman–Crippen LogP) is 1.74. The van der Waals surface area contributed by atoms with E-state index in [9.17, 15) is 4.79 Å². The summed E-state index contributed by atoms with van der Waals surface area (Å²) in [4.78, 5) is 11.9. The third-order valence-corrected chi connectivity index (χ3v) is 3.46. The fraction of sp³-hybridized carbons (Fsp3) is 0.438. The summed E-state index contributed by atoms with van der Waals surface area (Å²) in [7, 11) is 3.41. The average Bonchev–Trinajstić information content (AvgIpc) is 2.80. The first-order valence-electron chi connectivity index (χ1n) is 7.24. The van der Waals surface area contributed by atoms with Crippen molar-refractivity contribution < 1.29 is 4.74 Å². The minimum absolute atomic E-state index is 0.0217. The fourth-order valence-corrected chi connectivity index (χ4v) is 2.29. The van der Waals surface area contributed by atoms with E-state index in [2.05, 4.69) is 24.4 Å². The van der Waals surface area contributed by atoms with Gasteiger partial charge in [0.15, 0.2) is 0 Å². The smallest absolute Gasteiger partial charge is 0.328 e. The third kappa shape index (κ3) is 3.76. The molecule has 0 unspecified atom stereocenters. The second-order valence-corrected chi connectivity index (χ2v) is 5.14. The van der Waals surface area contributed by atoms with E-state index in [1.807, 2.05) is 6.07 Å². The Balaban J connectivity index is 2.21. The number of nitrogens with one attached hydrogen (secondary N) is 1. The maximum absolute atomic E-state index is 11.9. The second-order valence-electron chi connectivity index (χ2n) is 5.14. The van der Waals surface area contributed by atoms with Crippen LogP contribution in [0.5, 0.6) is 5.75 Å². The molecule has 114 valence electrons. The summed E-state index contributed by atoms with van der Waals surface area (Å²) in [6.45, 7) is 4.49. The third-order valence-electron chi connectivity index (χ3n) is 3.46. The lowest BCUT2D eigenvalue weighted by Crippen LogP contribution is -2.22. The molecule has 0 radical (unpaired) electrons. The van der Waals surface area contributed by atoms with Crippen LogP contribution in [0.4, 0.5) is 0 Å². The first-order valence-corrected chi connectivity index (χ1v) is 7.24. The molecule has 0 amide bonds. The van der Waals surface area contributed by atoms with Crippen LogP contribution in [-0.4, -0.2) is 22.8 Å². The molecule has 0 aliphatic heterocycles. The number of hydrogen-bond acceptors (Lipinski definition) is 3. The van der Waals surface area contributed by atoms with E-state index in [1.54, 1.807) is 35.7 Å². The molecule has 21 heavy (non-hydrogen) atoms. The zero-order valence-electron chi connectivity index (χ0n) is 12.9. The first kappa shape index (κ1) is 15.4. The molecule has 2 rings (SSSR count). The highest BCUT2D eigenvalue weighted by atomic mass is 16.5. The van der Waals surface area contributed by atoms with Gasteiger partial charge in [0.1, 0.15) is 5.75 Å². The number of methoxy groups -OCH3 is 1. The highest BCUT2D eigenvalue weighted by Crippen LogP contribution is 2.20. The molecule has 0 saturated carbocycles. The predicted molar refractivity (Wildman–Crippen MR) is 83.8 cm³/mol. The summed E-state index contributed by atoms with van der Waals surface area (Å²) in [5, 5.41) is 3.38. The van der Waals surface area contributed by atoms with E-state index in [0.717, 1.165) is 30.8 Å². The number of aromatic nitrogens is 2. The van der Waals surface area contributed by atoms with Crippen molar-refractivity contribution in [2.24, 2.45) is 7.05 Å². The minimum Gasteiger partial charge on any atom is -0.496 e. The van der Waals surface area contributed by atoms with Gasteiger partial charge in [-0.25, -0.2) is 4.79 Å². The van der Waals surface area contributed by atoms with Crippen LogP contribution < -0.4 is 15.7 Å². The summed E-state index contributed by atoms with van der Waals surface area (Å²) in [5.74, 6) is 0.810. The Morgan fingerprint density at radius 1 is 1.29 bits per heavy atom. The number of imidazole rings is 1. The lowest BCUT2D eigenvalue weighted by molar-refractivity contribution is 0.407. The zero-order valence-corrected chi connectivity index (χ0v) is 12.9. The Labute approximate surface area is 125 Å². The number of nitrogens with zero attached hydrogens (tertiary/aromatic N) is 2. The molecule has 1 aromatic carbocycles. The van der Waals surface area contributed by atoms with Crippen LogP contribution in [-0.2, 0) is 20.1 Å². The summed E-state index contributed by atoms with van der Waals surface area (Å²) < 4.78 is 8.65. The van der Waals surface area contributed by atoms with Crippen molar-refractivity contribution in [3.63, 3.8) is 0 Å². The van der Waals surface area contributed by atoms with Gasteiger partial charge in [0, 0.05) is 31.5 Å². The van der Waals surface area contributed by atoms with Gasteiger partial charge < -0.3 is 14.6 Å². The Morgan fingerprint density at radius 2 is 2.10 bits per heavy atom. The Hall–Kier alpha value is -2.01. The molecule has 1 heterocycles. The van der Waals surface area contributed by atoms with Crippen LogP contribution in [0.25, 0.3) is 0 Å². The Bertz CT molecular complexity index is 643. The second kappa shape index (κ2) is 7.13. The van der Waals surface area contributed by atoms with Crippen molar-refractivity contribution in [3.05, 3.63) is 52.2 Å². The van der Waals surface area contributed by atoms with Gasteiger partial charge in [-0.1, -0.05) is 13.0 Å². The molecule has 1 N–H and O–H groups in total. The molecular formula is C16H23N3O2. The lowest BCUT2D eigenvalue weighted by atomic mass is 10.1. The number of ether oxygens (including phenoxy) is 1. The molecule has 0 saturated heterocycles. The van der Waals surface area contributed by atoms with E-state index < -0.39 is 0 Å². The molecule has 1 aromatic heterocycles. The molecule has 0 atom stereocenters. The normalized spacial score (nSPS) is 10.8. The van der Waals surface area contributed by atoms with E-state index in [4.69, 9.17) is 4.74 Å². The highest BCUT2D eigenvalue weighted by molar-refractivity contribution is 5.37. The van der Waals surface area contributed by atoms with Crippen molar-refractivity contribution in [1.29, 1.82) is 0 Å². The first-order chi connectivity index (χ1) is 10.2. The van der Waals surface area contributed by atoms with E-state index in [-0.39, 0.29) is 5.69 Å². The number of hydrogen-bond donors (Lipinski definition) is 1. The molecule has 5 nitrogen and oxygen atoms in total. The average molecular weight is 289 g/mol. The molecule has 5 heteroatoms. The van der Waals surface area contributed by atoms with E-state index in [1.165, 1.54) is 5.56 Å². The monoisotopic (exact) mass is 289 g/mol. The summed E-state index contributed by atoms with van der Waals surface area (Å²) >= 11 is 0. The van der Waals surface area contributed by atoms with Crippen LogP contribution in [0.3, 0.4) is 0 Å². The van der Waals surface area contributed by atoms with Crippen molar-refractivity contribution in [2.75, 3.05) is 13.7 Å². The molecule has 0 spiro atoms. The molecule has 0 aliphatic carbocycles. The summed E-state index contributed by atoms with van der Waals surface area (Å²) in [5.41, 5.74) is 2.19. The van der Waals surface area contributed by atoms with Gasteiger partial charge in [0.2, 0.25) is 0 Å². The highest BCUT2D eigenvalue weighted by Gasteiger charge is 2.08. The zero-order chi connectivity index (χ0) is 15.2. The SMILES string of the molecule is CCCNCc1ccc(OC)c(Cn2ccn(C)c2=O)c1. The largest absolute Gasteiger partial charge is 0.496 e. The standard InChI is InChI=1S/C16H23N3O2/c1-4-7-17-11-13-5-6-15(21-3)14(10-13)12-19-9-8-18(2)16(19)20/h5-6,8-10,17H,4,7,11-12H2,1-3H3. The van der Waals surface area contributed by atoms with Gasteiger partial charge >= 0.3 is 5.69 Å². The molecule has 0 aliphatic rings. The topological polar surface area (TPSA) is 48.2 Å². The van der Waals surface area contributed by atoms with E-state index >= 15 is 0 Å². The van der Waals surface area contributed by atoms with Crippen LogP contribution in [0, 0.1) is 0 Å². The summed E-state index contributed by atoms with van der Waals surface area (Å²) in [6.07, 6.45) is 4.67. The van der Waals surface area contributed by atoms with Gasteiger partial charge in [-0.3, -0.25) is 4.57 Å². The van der Waals surface area contributed by atoms with E-state index in [0.29, 0.717) is 6.54 Å². The van der Waals surface area contributed by atoms with Crippen molar-refractivity contribution >= 4 is 0 Å². The van der Waals surface area contributed by atoms with Crippen LogP contribution in [0.15, 0.2) is 35.4 Å². The van der Waals surface area contributed by atoms with Crippen molar-refractivity contribution in [2.45, 2.75) is 26.4 Å². The molecule has 0 bridgehead atoms. The van der Waals surface area contributed by atoms with Gasteiger partial charge in [-0.05, 0) is 30.7 Å². The molecule has 0 fully saturated rings. The van der Waals surface area contributed by atoms with Gasteiger partial charge in [0.25, 0.3) is 0 Å². The van der Waals surface area contributed by atoms with Crippen LogP contribution >= 0.6 is 0 Å². The number of benzene rings is 1. The van der Waals surface area contributed by atoms with Crippen molar-refractivity contribution in [3.8, 4) is 5.75 Å². The van der Waals surface area contributed by atoms with Gasteiger partial charge in [0.05, 0.1) is 13.7 Å². The maximum Gasteiger partial charge on any atom is 0.328 e. The van der Waals surface area contributed by atoms with Gasteiger partial charge in [-0.2, -0.15) is 0 Å². The molecule has 2 aromatic rings. The quantitative estimate of drug-likeness (QED) is 0.790. The fourth-order valence-electron chi connectivity index (χ4n) is 2.29. The number of rotatable bonds is 7. The minimum atomic E-state index is -0.0217. The molecular weight excluding hydrogens is 266 g/mol. The Morgan fingerprint density at radius 3 is 2.71 bits per heavy atom. The maximum atomic E-state index is 11.9.